The Morgan fingerprint density at radius 2 is 1.80 bits per heavy atom. The second-order valence-corrected chi connectivity index (χ2v) is 5.74. The maximum Gasteiger partial charge on any atom is 0.213 e. The summed E-state index contributed by atoms with van der Waals surface area (Å²) >= 11 is 0. The molecule has 4 nitrogen and oxygen atoms in total. The van der Waals surface area contributed by atoms with E-state index in [2.05, 4.69) is 29.4 Å². The molecule has 0 spiro atoms. The summed E-state index contributed by atoms with van der Waals surface area (Å²) < 4.78 is 11.7. The molecule has 0 unspecified atom stereocenters. The second kappa shape index (κ2) is 8.20. The fourth-order valence-electron chi connectivity index (χ4n) is 2.60. The molecule has 1 aromatic heterocycles. The minimum Gasteiger partial charge on any atom is -0.489 e. The number of nitrogens with zero attached hydrogens (tertiary/aromatic N) is 1. The van der Waals surface area contributed by atoms with E-state index in [1.165, 1.54) is 11.1 Å². The largest absolute Gasteiger partial charge is 0.489 e. The van der Waals surface area contributed by atoms with Crippen LogP contribution in [0.1, 0.15) is 16.7 Å². The number of anilines is 1. The lowest BCUT2D eigenvalue weighted by molar-refractivity contribution is 0.288. The second-order valence-electron chi connectivity index (χ2n) is 5.74. The summed E-state index contributed by atoms with van der Waals surface area (Å²) in [6, 6.07) is 19.8. The van der Waals surface area contributed by atoms with Crippen LogP contribution < -0.4 is 14.8 Å². The van der Waals surface area contributed by atoms with Crippen LogP contribution in [-0.4, -0.2) is 12.0 Å². The number of nitrogens with one attached hydrogen (secondary N) is 1. The standard InChI is InChI=1S/C21H22N2O2/c1-16-7-5-10-20(22-2)19(16)15-24-18-9-6-8-17(13-18)14-25-21-11-3-4-12-23-21/h3-13,22H,14-15H2,1-2H3. The van der Waals surface area contributed by atoms with Gasteiger partial charge in [-0.2, -0.15) is 0 Å². The van der Waals surface area contributed by atoms with Crippen LogP contribution in [0.2, 0.25) is 0 Å². The van der Waals surface area contributed by atoms with Crippen molar-refractivity contribution < 1.29 is 9.47 Å². The zero-order valence-electron chi connectivity index (χ0n) is 14.5. The number of aryl methyl sites for hydroxylation is 1. The van der Waals surface area contributed by atoms with Gasteiger partial charge in [-0.3, -0.25) is 0 Å². The molecule has 0 radical (unpaired) electrons. The SMILES string of the molecule is CNc1cccc(C)c1COc1cccc(COc2ccccn2)c1. The summed E-state index contributed by atoms with van der Waals surface area (Å²) in [5.74, 6) is 1.44. The van der Waals surface area contributed by atoms with Crippen LogP contribution >= 0.6 is 0 Å². The minimum absolute atomic E-state index is 0.459. The monoisotopic (exact) mass is 334 g/mol. The Balaban J connectivity index is 1.64. The van der Waals surface area contributed by atoms with Gasteiger partial charge in [0, 0.05) is 30.6 Å². The number of hydrogen-bond donors (Lipinski definition) is 1. The normalized spacial score (nSPS) is 10.3. The molecule has 0 fully saturated rings. The van der Waals surface area contributed by atoms with E-state index in [1.807, 2.05) is 55.6 Å². The molecule has 3 rings (SSSR count). The Kier molecular flexibility index (Phi) is 5.52. The molecule has 4 heteroatoms. The Morgan fingerprint density at radius 3 is 2.60 bits per heavy atom. The molecule has 1 N–H and O–H groups in total. The average molecular weight is 334 g/mol. The van der Waals surface area contributed by atoms with Gasteiger partial charge in [-0.15, -0.1) is 0 Å². The third-order valence-corrected chi connectivity index (χ3v) is 3.99. The van der Waals surface area contributed by atoms with E-state index in [0.29, 0.717) is 19.1 Å². The highest BCUT2D eigenvalue weighted by molar-refractivity contribution is 5.53. The first-order valence-corrected chi connectivity index (χ1v) is 8.28. The van der Waals surface area contributed by atoms with Crippen molar-refractivity contribution in [2.45, 2.75) is 20.1 Å². The number of rotatable bonds is 7. The van der Waals surface area contributed by atoms with Crippen LogP contribution in [0.4, 0.5) is 5.69 Å². The average Bonchev–Trinajstić information content (AvgIpc) is 2.66. The topological polar surface area (TPSA) is 43.4 Å². The predicted octanol–water partition coefficient (Wildman–Crippen LogP) is 4.59. The summed E-state index contributed by atoms with van der Waals surface area (Å²) in [6.07, 6.45) is 1.72. The Morgan fingerprint density at radius 1 is 0.920 bits per heavy atom. The highest BCUT2D eigenvalue weighted by Crippen LogP contribution is 2.22. The van der Waals surface area contributed by atoms with Gasteiger partial charge in [0.05, 0.1) is 0 Å². The molecule has 0 saturated heterocycles. The number of pyridine rings is 1. The predicted molar refractivity (Wildman–Crippen MR) is 100 cm³/mol. The molecule has 25 heavy (non-hydrogen) atoms. The van der Waals surface area contributed by atoms with E-state index in [1.54, 1.807) is 6.20 Å². The lowest BCUT2D eigenvalue weighted by Crippen LogP contribution is -2.03. The highest BCUT2D eigenvalue weighted by Gasteiger charge is 2.06. The molecule has 0 amide bonds. The molecule has 2 aromatic carbocycles. The van der Waals surface area contributed by atoms with E-state index in [9.17, 15) is 0 Å². The molecular weight excluding hydrogens is 312 g/mol. The van der Waals surface area contributed by atoms with Gasteiger partial charge in [-0.1, -0.05) is 30.3 Å². The maximum absolute atomic E-state index is 6.00. The third-order valence-electron chi connectivity index (χ3n) is 3.99. The molecule has 0 saturated carbocycles. The van der Waals surface area contributed by atoms with E-state index >= 15 is 0 Å². The van der Waals surface area contributed by atoms with Gasteiger partial charge in [-0.05, 0) is 42.3 Å². The van der Waals surface area contributed by atoms with Crippen molar-refractivity contribution in [1.82, 2.24) is 4.98 Å². The molecule has 0 aliphatic heterocycles. The van der Waals surface area contributed by atoms with Gasteiger partial charge >= 0.3 is 0 Å². The molecule has 128 valence electrons. The first-order chi connectivity index (χ1) is 12.3. The van der Waals surface area contributed by atoms with Crippen LogP contribution in [0.5, 0.6) is 11.6 Å². The van der Waals surface area contributed by atoms with Crippen LogP contribution in [0.25, 0.3) is 0 Å². The zero-order valence-corrected chi connectivity index (χ0v) is 14.5. The third kappa shape index (κ3) is 4.51. The fourth-order valence-corrected chi connectivity index (χ4v) is 2.60. The van der Waals surface area contributed by atoms with Crippen molar-refractivity contribution in [2.24, 2.45) is 0 Å². The van der Waals surface area contributed by atoms with Gasteiger partial charge in [0.2, 0.25) is 5.88 Å². The van der Waals surface area contributed by atoms with E-state index in [-0.39, 0.29) is 0 Å². The molecule has 0 aliphatic rings. The first kappa shape index (κ1) is 16.8. The van der Waals surface area contributed by atoms with Gasteiger partial charge in [0.15, 0.2) is 0 Å². The van der Waals surface area contributed by atoms with Crippen molar-refractivity contribution in [3.8, 4) is 11.6 Å². The number of ether oxygens (including phenoxy) is 2. The molecule has 0 bridgehead atoms. The van der Waals surface area contributed by atoms with Crippen molar-refractivity contribution in [3.05, 3.63) is 83.6 Å². The summed E-state index contributed by atoms with van der Waals surface area (Å²) in [5, 5.41) is 3.22. The summed E-state index contributed by atoms with van der Waals surface area (Å²) in [6.45, 7) is 3.07. The fraction of sp³-hybridized carbons (Fsp3) is 0.190. The quantitative estimate of drug-likeness (QED) is 0.686. The van der Waals surface area contributed by atoms with Crippen molar-refractivity contribution >= 4 is 5.69 Å². The van der Waals surface area contributed by atoms with E-state index in [0.717, 1.165) is 17.0 Å². The summed E-state index contributed by atoms with van der Waals surface area (Å²) in [4.78, 5) is 4.16. The van der Waals surface area contributed by atoms with E-state index < -0.39 is 0 Å². The van der Waals surface area contributed by atoms with Gasteiger partial charge in [0.1, 0.15) is 19.0 Å². The molecule has 3 aromatic rings. The first-order valence-electron chi connectivity index (χ1n) is 8.28. The van der Waals surface area contributed by atoms with Crippen molar-refractivity contribution in [1.29, 1.82) is 0 Å². The number of hydrogen-bond acceptors (Lipinski definition) is 4. The van der Waals surface area contributed by atoms with Crippen LogP contribution in [-0.2, 0) is 13.2 Å². The van der Waals surface area contributed by atoms with Crippen LogP contribution in [0, 0.1) is 6.92 Å². The molecule has 0 aliphatic carbocycles. The summed E-state index contributed by atoms with van der Waals surface area (Å²) in [5.41, 5.74) is 4.51. The molecule has 1 heterocycles. The van der Waals surface area contributed by atoms with Crippen molar-refractivity contribution in [2.75, 3.05) is 12.4 Å². The zero-order chi connectivity index (χ0) is 17.5. The molecular formula is C21H22N2O2. The van der Waals surface area contributed by atoms with Gasteiger partial charge in [0.25, 0.3) is 0 Å². The van der Waals surface area contributed by atoms with E-state index in [4.69, 9.17) is 9.47 Å². The number of aromatic nitrogens is 1. The lowest BCUT2D eigenvalue weighted by atomic mass is 10.1. The minimum atomic E-state index is 0.459. The van der Waals surface area contributed by atoms with Crippen LogP contribution in [0.3, 0.4) is 0 Å². The Hall–Kier alpha value is -3.01. The van der Waals surface area contributed by atoms with Gasteiger partial charge < -0.3 is 14.8 Å². The Bertz CT molecular complexity index is 819. The van der Waals surface area contributed by atoms with Crippen LogP contribution in [0.15, 0.2) is 66.9 Å². The molecule has 0 atom stereocenters. The summed E-state index contributed by atoms with van der Waals surface area (Å²) in [7, 11) is 1.92. The maximum atomic E-state index is 6.00. The highest BCUT2D eigenvalue weighted by atomic mass is 16.5. The number of benzene rings is 2. The lowest BCUT2D eigenvalue weighted by Gasteiger charge is -2.14. The Labute approximate surface area is 148 Å². The smallest absolute Gasteiger partial charge is 0.213 e. The van der Waals surface area contributed by atoms with Crippen molar-refractivity contribution in [3.63, 3.8) is 0 Å². The van der Waals surface area contributed by atoms with Gasteiger partial charge in [-0.25, -0.2) is 4.98 Å².